The third-order valence-corrected chi connectivity index (χ3v) is 4.31. The second kappa shape index (κ2) is 6.55. The summed E-state index contributed by atoms with van der Waals surface area (Å²) in [5, 5.41) is 12.1. The normalized spacial score (nSPS) is 29.7. The first-order valence-corrected chi connectivity index (χ1v) is 7.06. The van der Waals surface area contributed by atoms with E-state index in [0.29, 0.717) is 17.6 Å². The van der Waals surface area contributed by atoms with Crippen molar-refractivity contribution in [3.05, 3.63) is 0 Å². The van der Waals surface area contributed by atoms with Gasteiger partial charge in [-0.15, -0.1) is 0 Å². The lowest BCUT2D eigenvalue weighted by molar-refractivity contribution is -0.129. The number of carbonyl (C=O) groups is 1. The molecule has 0 amide bonds. The maximum Gasteiger partial charge on any atom is 0.287 e. The summed E-state index contributed by atoms with van der Waals surface area (Å²) in [5.74, 6) is 1.31. The molecule has 1 saturated heterocycles. The maximum atomic E-state index is 12.3. The fourth-order valence-electron chi connectivity index (χ4n) is 3.02. The van der Waals surface area contributed by atoms with Gasteiger partial charge in [0.1, 0.15) is 0 Å². The molecule has 17 heavy (non-hydrogen) atoms. The molecular formula is C13H23BNO2. The Balaban J connectivity index is 1.84. The number of nitrogens with one attached hydrogen (secondary N) is 1. The maximum absolute atomic E-state index is 12.3. The van der Waals surface area contributed by atoms with E-state index in [1.165, 1.54) is 26.7 Å². The monoisotopic (exact) mass is 236 g/mol. The molecule has 2 rings (SSSR count). The van der Waals surface area contributed by atoms with Crippen LogP contribution < -0.4 is 5.32 Å². The van der Waals surface area contributed by atoms with Gasteiger partial charge in [-0.2, -0.15) is 0 Å². The molecule has 2 fully saturated rings. The number of ketones is 1. The Morgan fingerprint density at radius 3 is 2.76 bits per heavy atom. The van der Waals surface area contributed by atoms with E-state index < -0.39 is 0 Å². The summed E-state index contributed by atoms with van der Waals surface area (Å²) in [7, 11) is 1.24. The summed E-state index contributed by atoms with van der Waals surface area (Å²) >= 11 is 0. The minimum atomic E-state index is 0.104. The zero-order valence-electron chi connectivity index (χ0n) is 10.5. The van der Waals surface area contributed by atoms with Gasteiger partial charge in [-0.1, -0.05) is 19.2 Å². The Morgan fingerprint density at radius 2 is 2.12 bits per heavy atom. The highest BCUT2D eigenvalue weighted by Gasteiger charge is 2.36. The van der Waals surface area contributed by atoms with Crippen LogP contribution in [-0.4, -0.2) is 30.9 Å². The number of piperidine rings is 1. The van der Waals surface area contributed by atoms with Crippen LogP contribution in [0.5, 0.6) is 0 Å². The van der Waals surface area contributed by atoms with E-state index in [1.54, 1.807) is 0 Å². The first-order chi connectivity index (χ1) is 8.33. The fraction of sp³-hybridized carbons (Fsp3) is 0.923. The Kier molecular flexibility index (Phi) is 5.05. The first-order valence-electron chi connectivity index (χ1n) is 7.06. The molecule has 2 unspecified atom stereocenters. The van der Waals surface area contributed by atoms with Crippen LogP contribution in [-0.2, 0) is 4.79 Å². The Labute approximate surface area is 105 Å². The SMILES string of the molecule is O=C(C1CCC1)C1NCCCC1CCC[B]O. The van der Waals surface area contributed by atoms with Crippen molar-refractivity contribution in [3.8, 4) is 0 Å². The molecule has 0 aromatic rings. The predicted molar refractivity (Wildman–Crippen MR) is 68.9 cm³/mol. The van der Waals surface area contributed by atoms with Gasteiger partial charge < -0.3 is 10.3 Å². The molecule has 4 heteroatoms. The quantitative estimate of drug-likeness (QED) is 0.543. The van der Waals surface area contributed by atoms with Crippen molar-refractivity contribution in [2.75, 3.05) is 6.54 Å². The largest absolute Gasteiger partial charge is 0.454 e. The van der Waals surface area contributed by atoms with Crippen LogP contribution in [0, 0.1) is 11.8 Å². The molecule has 3 nitrogen and oxygen atoms in total. The van der Waals surface area contributed by atoms with E-state index in [0.717, 1.165) is 38.5 Å². The molecule has 95 valence electrons. The molecule has 2 aliphatic rings. The third kappa shape index (κ3) is 3.32. The van der Waals surface area contributed by atoms with Crippen molar-refractivity contribution in [3.63, 3.8) is 0 Å². The third-order valence-electron chi connectivity index (χ3n) is 4.31. The summed E-state index contributed by atoms with van der Waals surface area (Å²) in [6.45, 7) is 0.992. The first kappa shape index (κ1) is 13.1. The molecule has 0 spiro atoms. The van der Waals surface area contributed by atoms with Crippen molar-refractivity contribution in [1.82, 2.24) is 5.32 Å². The minimum Gasteiger partial charge on any atom is -0.454 e. The second-order valence-corrected chi connectivity index (χ2v) is 5.48. The van der Waals surface area contributed by atoms with Crippen molar-refractivity contribution >= 4 is 13.3 Å². The molecule has 1 heterocycles. The lowest BCUT2D eigenvalue weighted by Crippen LogP contribution is -2.50. The predicted octanol–water partition coefficient (Wildman–Crippen LogP) is 1.53. The summed E-state index contributed by atoms with van der Waals surface area (Å²) in [5.41, 5.74) is 0. The summed E-state index contributed by atoms with van der Waals surface area (Å²) in [4.78, 5) is 12.3. The molecule has 0 bridgehead atoms. The average Bonchev–Trinajstić information content (AvgIpc) is 2.27. The molecule has 0 aromatic heterocycles. The van der Waals surface area contributed by atoms with E-state index >= 15 is 0 Å². The lowest BCUT2D eigenvalue weighted by atomic mass is 9.74. The zero-order valence-corrected chi connectivity index (χ0v) is 10.5. The van der Waals surface area contributed by atoms with Gasteiger partial charge in [-0.05, 0) is 44.6 Å². The van der Waals surface area contributed by atoms with Gasteiger partial charge in [0.15, 0.2) is 5.78 Å². The van der Waals surface area contributed by atoms with Crippen LogP contribution in [0.4, 0.5) is 0 Å². The van der Waals surface area contributed by atoms with Gasteiger partial charge in [-0.25, -0.2) is 0 Å². The number of hydrogen-bond donors (Lipinski definition) is 2. The highest BCUT2D eigenvalue weighted by atomic mass is 16.2. The molecule has 0 aromatic carbocycles. The van der Waals surface area contributed by atoms with Crippen LogP contribution in [0.1, 0.15) is 44.9 Å². The average molecular weight is 236 g/mol. The second-order valence-electron chi connectivity index (χ2n) is 5.48. The van der Waals surface area contributed by atoms with E-state index in [4.69, 9.17) is 5.02 Å². The molecule has 2 atom stereocenters. The van der Waals surface area contributed by atoms with Crippen LogP contribution in [0.3, 0.4) is 0 Å². The smallest absolute Gasteiger partial charge is 0.287 e. The highest BCUT2D eigenvalue weighted by Crippen LogP contribution is 2.32. The van der Waals surface area contributed by atoms with Crippen molar-refractivity contribution in [2.24, 2.45) is 11.8 Å². The van der Waals surface area contributed by atoms with Gasteiger partial charge in [0.25, 0.3) is 7.48 Å². The Bertz CT molecular complexity index is 256. The van der Waals surface area contributed by atoms with Crippen molar-refractivity contribution < 1.29 is 9.82 Å². The summed E-state index contributed by atoms with van der Waals surface area (Å²) < 4.78 is 0. The van der Waals surface area contributed by atoms with Gasteiger partial charge in [-0.3, -0.25) is 4.79 Å². The van der Waals surface area contributed by atoms with Crippen molar-refractivity contribution in [1.29, 1.82) is 0 Å². The minimum absolute atomic E-state index is 0.104. The molecule has 1 aliphatic heterocycles. The zero-order chi connectivity index (χ0) is 12.1. The molecule has 2 N–H and O–H groups in total. The van der Waals surface area contributed by atoms with Gasteiger partial charge >= 0.3 is 0 Å². The number of carbonyl (C=O) groups excluding carboxylic acids is 1. The van der Waals surface area contributed by atoms with E-state index in [-0.39, 0.29) is 6.04 Å². The standard InChI is InChI=1S/C13H23BNO2/c16-13(11-4-1-5-11)12-10(6-2-8-14-17)7-3-9-15-12/h10-12,15,17H,1-9H2. The van der Waals surface area contributed by atoms with E-state index in [1.807, 2.05) is 0 Å². The highest BCUT2D eigenvalue weighted by molar-refractivity contribution is 6.25. The lowest BCUT2D eigenvalue weighted by Gasteiger charge is -2.36. The number of rotatable bonds is 6. The van der Waals surface area contributed by atoms with Crippen LogP contribution >= 0.6 is 0 Å². The van der Waals surface area contributed by atoms with Crippen LogP contribution in [0.2, 0.25) is 6.32 Å². The number of Topliss-reactive ketones (excluding diaryl/α,β-unsaturated/α-hetero) is 1. The van der Waals surface area contributed by atoms with E-state index in [2.05, 4.69) is 5.32 Å². The summed E-state index contributed by atoms with van der Waals surface area (Å²) in [6, 6.07) is 0.104. The van der Waals surface area contributed by atoms with Gasteiger partial charge in [0, 0.05) is 5.92 Å². The molecular weight excluding hydrogens is 213 g/mol. The van der Waals surface area contributed by atoms with Gasteiger partial charge in [0.05, 0.1) is 6.04 Å². The van der Waals surface area contributed by atoms with Crippen molar-refractivity contribution in [2.45, 2.75) is 57.3 Å². The van der Waals surface area contributed by atoms with Gasteiger partial charge in [0.2, 0.25) is 0 Å². The number of hydrogen-bond acceptors (Lipinski definition) is 3. The fourth-order valence-corrected chi connectivity index (χ4v) is 3.02. The Morgan fingerprint density at radius 1 is 1.29 bits per heavy atom. The Hall–Kier alpha value is -0.345. The summed E-state index contributed by atoms with van der Waals surface area (Å²) in [6.07, 6.45) is 8.60. The van der Waals surface area contributed by atoms with Crippen LogP contribution in [0.25, 0.3) is 0 Å². The van der Waals surface area contributed by atoms with Crippen LogP contribution in [0.15, 0.2) is 0 Å². The molecule has 1 saturated carbocycles. The van der Waals surface area contributed by atoms with E-state index in [9.17, 15) is 4.79 Å². The molecule has 1 aliphatic carbocycles. The topological polar surface area (TPSA) is 49.3 Å². The molecule has 1 radical (unpaired) electrons.